The van der Waals surface area contributed by atoms with Crippen molar-refractivity contribution in [2.45, 2.75) is 12.5 Å². The highest BCUT2D eigenvalue weighted by Gasteiger charge is 2.35. The van der Waals surface area contributed by atoms with Gasteiger partial charge in [-0.1, -0.05) is 35.9 Å². The van der Waals surface area contributed by atoms with Crippen LogP contribution in [0.3, 0.4) is 0 Å². The molecule has 9 heteroatoms. The topological polar surface area (TPSA) is 85.0 Å². The highest BCUT2D eigenvalue weighted by atomic mass is 35.5. The van der Waals surface area contributed by atoms with E-state index in [1.165, 1.54) is 5.69 Å². The van der Waals surface area contributed by atoms with Crippen LogP contribution in [0.2, 0.25) is 5.02 Å². The molecule has 2 N–H and O–H groups in total. The molecule has 0 saturated carbocycles. The number of halogens is 1. The minimum atomic E-state index is -0.823. The summed E-state index contributed by atoms with van der Waals surface area (Å²) in [5.74, 6) is -0.767. The van der Waals surface area contributed by atoms with Crippen LogP contribution in [0.1, 0.15) is 6.42 Å². The average molecular weight is 470 g/mol. The van der Waals surface area contributed by atoms with Crippen molar-refractivity contribution in [2.24, 2.45) is 0 Å². The zero-order valence-corrected chi connectivity index (χ0v) is 19.1. The molecule has 1 unspecified atom stereocenters. The minimum absolute atomic E-state index is 0.105. The van der Waals surface area contributed by atoms with Crippen LogP contribution >= 0.6 is 11.6 Å². The van der Waals surface area contributed by atoms with Crippen molar-refractivity contribution in [1.29, 1.82) is 0 Å². The largest absolute Gasteiger partial charge is 0.369 e. The SMILES string of the molecule is O=C(CC1C(=O)NCCN1C(=O)CN1CCN(c2ccccc2)CC1)Nc1cccc(Cl)c1. The van der Waals surface area contributed by atoms with E-state index in [1.54, 1.807) is 29.2 Å². The van der Waals surface area contributed by atoms with Crippen molar-refractivity contribution in [1.82, 2.24) is 15.1 Å². The fourth-order valence-electron chi connectivity index (χ4n) is 4.26. The summed E-state index contributed by atoms with van der Waals surface area (Å²) in [6.07, 6.45) is -0.105. The molecule has 4 rings (SSSR count). The third kappa shape index (κ3) is 6.03. The second-order valence-electron chi connectivity index (χ2n) is 8.26. The van der Waals surface area contributed by atoms with Crippen molar-refractivity contribution in [3.8, 4) is 0 Å². The first-order valence-corrected chi connectivity index (χ1v) is 11.5. The highest BCUT2D eigenvalue weighted by molar-refractivity contribution is 6.30. The van der Waals surface area contributed by atoms with Crippen LogP contribution in [0.15, 0.2) is 54.6 Å². The summed E-state index contributed by atoms with van der Waals surface area (Å²) in [4.78, 5) is 44.1. The minimum Gasteiger partial charge on any atom is -0.369 e. The summed E-state index contributed by atoms with van der Waals surface area (Å²) >= 11 is 5.97. The molecule has 2 saturated heterocycles. The van der Waals surface area contributed by atoms with E-state index < -0.39 is 6.04 Å². The number of nitrogens with zero attached hydrogens (tertiary/aromatic N) is 3. The molecule has 2 aromatic rings. The lowest BCUT2D eigenvalue weighted by Crippen LogP contribution is -2.60. The smallest absolute Gasteiger partial charge is 0.243 e. The summed E-state index contributed by atoms with van der Waals surface area (Å²) in [5, 5.41) is 6.03. The number of carbonyl (C=O) groups is 3. The van der Waals surface area contributed by atoms with E-state index in [4.69, 9.17) is 11.6 Å². The normalized spacial score (nSPS) is 19.2. The maximum Gasteiger partial charge on any atom is 0.243 e. The zero-order chi connectivity index (χ0) is 23.2. The molecule has 0 aromatic heterocycles. The van der Waals surface area contributed by atoms with Crippen LogP contribution in [0.5, 0.6) is 0 Å². The first kappa shape index (κ1) is 23.1. The number of hydrogen-bond donors (Lipinski definition) is 2. The fraction of sp³-hybridized carbons (Fsp3) is 0.375. The van der Waals surface area contributed by atoms with E-state index in [1.807, 2.05) is 18.2 Å². The summed E-state index contributed by atoms with van der Waals surface area (Å²) in [5.41, 5.74) is 1.74. The second-order valence-corrected chi connectivity index (χ2v) is 8.69. The number of anilines is 2. The Bertz CT molecular complexity index is 995. The van der Waals surface area contributed by atoms with Gasteiger partial charge in [-0.2, -0.15) is 0 Å². The Morgan fingerprint density at radius 2 is 1.76 bits per heavy atom. The Kier molecular flexibility index (Phi) is 7.47. The van der Waals surface area contributed by atoms with Gasteiger partial charge in [0.2, 0.25) is 17.7 Å². The van der Waals surface area contributed by atoms with Crippen LogP contribution < -0.4 is 15.5 Å². The summed E-state index contributed by atoms with van der Waals surface area (Å²) in [7, 11) is 0. The van der Waals surface area contributed by atoms with Gasteiger partial charge in [-0.25, -0.2) is 0 Å². The van der Waals surface area contributed by atoms with Gasteiger partial charge < -0.3 is 20.4 Å². The third-order valence-corrected chi connectivity index (χ3v) is 6.23. The molecular formula is C24H28ClN5O3. The predicted molar refractivity (Wildman–Crippen MR) is 128 cm³/mol. The molecule has 2 fully saturated rings. The molecule has 1 atom stereocenters. The number of carbonyl (C=O) groups excluding carboxylic acids is 3. The van der Waals surface area contributed by atoms with Crippen molar-refractivity contribution in [2.75, 3.05) is 56.0 Å². The molecule has 174 valence electrons. The predicted octanol–water partition coefficient (Wildman–Crippen LogP) is 1.82. The van der Waals surface area contributed by atoms with E-state index in [2.05, 4.69) is 32.6 Å². The monoisotopic (exact) mass is 469 g/mol. The van der Waals surface area contributed by atoms with Crippen molar-refractivity contribution < 1.29 is 14.4 Å². The number of rotatable bonds is 6. The highest BCUT2D eigenvalue weighted by Crippen LogP contribution is 2.18. The number of amides is 3. The summed E-state index contributed by atoms with van der Waals surface area (Å²) in [6, 6.07) is 16.2. The van der Waals surface area contributed by atoms with Crippen LogP contribution in [0.4, 0.5) is 11.4 Å². The zero-order valence-electron chi connectivity index (χ0n) is 18.4. The van der Waals surface area contributed by atoms with Gasteiger partial charge in [0, 0.05) is 55.7 Å². The Morgan fingerprint density at radius 3 is 2.48 bits per heavy atom. The number of piperazine rings is 2. The third-order valence-electron chi connectivity index (χ3n) is 5.99. The van der Waals surface area contributed by atoms with Crippen molar-refractivity contribution in [3.63, 3.8) is 0 Å². The molecule has 0 bridgehead atoms. The van der Waals surface area contributed by atoms with Gasteiger partial charge in [0.15, 0.2) is 0 Å². The molecule has 0 aliphatic carbocycles. The Balaban J connectivity index is 1.32. The summed E-state index contributed by atoms with van der Waals surface area (Å²) < 4.78 is 0. The maximum atomic E-state index is 13.1. The van der Waals surface area contributed by atoms with Gasteiger partial charge in [-0.05, 0) is 30.3 Å². The molecule has 3 amide bonds. The van der Waals surface area contributed by atoms with E-state index in [0.29, 0.717) is 23.8 Å². The van der Waals surface area contributed by atoms with E-state index in [9.17, 15) is 14.4 Å². The van der Waals surface area contributed by atoms with Gasteiger partial charge >= 0.3 is 0 Å². The second kappa shape index (κ2) is 10.7. The van der Waals surface area contributed by atoms with Crippen LogP contribution in [0, 0.1) is 0 Å². The molecule has 2 aliphatic rings. The van der Waals surface area contributed by atoms with Gasteiger partial charge in [0.1, 0.15) is 6.04 Å². The Morgan fingerprint density at radius 1 is 1.00 bits per heavy atom. The van der Waals surface area contributed by atoms with Gasteiger partial charge in [-0.3, -0.25) is 19.3 Å². The average Bonchev–Trinajstić information content (AvgIpc) is 2.81. The van der Waals surface area contributed by atoms with Crippen molar-refractivity contribution in [3.05, 3.63) is 59.6 Å². The number of para-hydroxylation sites is 1. The Hall–Kier alpha value is -3.10. The maximum absolute atomic E-state index is 13.1. The molecular weight excluding hydrogens is 442 g/mol. The quantitative estimate of drug-likeness (QED) is 0.674. The molecule has 2 aliphatic heterocycles. The number of nitrogens with one attached hydrogen (secondary N) is 2. The van der Waals surface area contributed by atoms with Crippen LogP contribution in [-0.2, 0) is 14.4 Å². The van der Waals surface area contributed by atoms with Crippen LogP contribution in [0.25, 0.3) is 0 Å². The molecule has 0 spiro atoms. The molecule has 2 heterocycles. The van der Waals surface area contributed by atoms with E-state index in [0.717, 1.165) is 26.2 Å². The Labute approximate surface area is 198 Å². The molecule has 33 heavy (non-hydrogen) atoms. The van der Waals surface area contributed by atoms with Gasteiger partial charge in [-0.15, -0.1) is 0 Å². The van der Waals surface area contributed by atoms with Gasteiger partial charge in [0.25, 0.3) is 0 Å². The summed E-state index contributed by atoms with van der Waals surface area (Å²) in [6.45, 7) is 4.22. The lowest BCUT2D eigenvalue weighted by molar-refractivity contribution is -0.145. The number of hydrogen-bond acceptors (Lipinski definition) is 5. The van der Waals surface area contributed by atoms with Gasteiger partial charge in [0.05, 0.1) is 13.0 Å². The first-order chi connectivity index (χ1) is 16.0. The number of benzene rings is 2. The first-order valence-electron chi connectivity index (χ1n) is 11.1. The lowest BCUT2D eigenvalue weighted by atomic mass is 10.1. The van der Waals surface area contributed by atoms with E-state index in [-0.39, 0.29) is 30.7 Å². The lowest BCUT2D eigenvalue weighted by Gasteiger charge is -2.39. The fourth-order valence-corrected chi connectivity index (χ4v) is 4.45. The van der Waals surface area contributed by atoms with Crippen LogP contribution in [-0.4, -0.2) is 79.4 Å². The van der Waals surface area contributed by atoms with Crippen molar-refractivity contribution >= 4 is 40.7 Å². The standard InChI is InChI=1S/C24H28ClN5O3/c25-18-5-4-6-19(15-18)27-22(31)16-21-24(33)26-9-10-30(21)23(32)17-28-11-13-29(14-12-28)20-7-2-1-3-8-20/h1-8,15,21H,9-14,16-17H2,(H,26,33)(H,27,31). The molecule has 0 radical (unpaired) electrons. The molecule has 2 aromatic carbocycles. The molecule has 8 nitrogen and oxygen atoms in total. The van der Waals surface area contributed by atoms with E-state index >= 15 is 0 Å².